The molecule has 22 heavy (non-hydrogen) atoms. The van der Waals surface area contributed by atoms with Gasteiger partial charge in [0.1, 0.15) is 6.29 Å². The minimum Gasteiger partial charge on any atom is -0.347 e. The van der Waals surface area contributed by atoms with E-state index in [1.807, 2.05) is 0 Å². The lowest BCUT2D eigenvalue weighted by atomic mass is 9.59. The zero-order valence-electron chi connectivity index (χ0n) is 13.5. The number of aldehydes is 1. The van der Waals surface area contributed by atoms with Gasteiger partial charge in [-0.1, -0.05) is 41.4 Å². The molecular formula is C18H27BrO3. The molecule has 1 saturated heterocycles. The normalized spacial score (nSPS) is 37.9. The maximum Gasteiger partial charge on any atom is 0.172 e. The Morgan fingerprint density at radius 2 is 2.09 bits per heavy atom. The molecule has 1 spiro atoms. The summed E-state index contributed by atoms with van der Waals surface area (Å²) in [6.45, 7) is 7.80. The fourth-order valence-electron chi connectivity index (χ4n) is 5.28. The lowest BCUT2D eigenvalue weighted by molar-refractivity contribution is -0.213. The van der Waals surface area contributed by atoms with Crippen LogP contribution in [0.2, 0.25) is 0 Å². The Morgan fingerprint density at radius 3 is 2.73 bits per heavy atom. The predicted octanol–water partition coefficient (Wildman–Crippen LogP) is 4.10. The van der Waals surface area contributed by atoms with Crippen molar-refractivity contribution in [2.45, 2.75) is 51.2 Å². The van der Waals surface area contributed by atoms with E-state index >= 15 is 0 Å². The van der Waals surface area contributed by atoms with Crippen LogP contribution < -0.4 is 0 Å². The Hall–Kier alpha value is -0.190. The monoisotopic (exact) mass is 370 g/mol. The summed E-state index contributed by atoms with van der Waals surface area (Å²) in [7, 11) is 0. The van der Waals surface area contributed by atoms with Crippen LogP contribution in [0, 0.1) is 23.2 Å². The molecule has 0 aromatic carbocycles. The Kier molecular flexibility index (Phi) is 4.82. The summed E-state index contributed by atoms with van der Waals surface area (Å²) in [5.41, 5.74) is 1.43. The van der Waals surface area contributed by atoms with E-state index in [0.29, 0.717) is 19.1 Å². The number of carbonyl (C=O) groups is 1. The molecule has 4 atom stereocenters. The molecule has 3 unspecified atom stereocenters. The molecule has 0 amide bonds. The number of halogens is 1. The highest BCUT2D eigenvalue weighted by Gasteiger charge is 2.63. The largest absolute Gasteiger partial charge is 0.347 e. The van der Waals surface area contributed by atoms with Gasteiger partial charge in [0.2, 0.25) is 0 Å². The van der Waals surface area contributed by atoms with E-state index in [-0.39, 0.29) is 17.3 Å². The Labute approximate surface area is 141 Å². The van der Waals surface area contributed by atoms with Gasteiger partial charge < -0.3 is 14.3 Å². The summed E-state index contributed by atoms with van der Waals surface area (Å²) >= 11 is 3.53. The molecule has 3 fully saturated rings. The zero-order chi connectivity index (χ0) is 15.8. The smallest absolute Gasteiger partial charge is 0.172 e. The summed E-state index contributed by atoms with van der Waals surface area (Å²) in [5.74, 6) is 0.281. The van der Waals surface area contributed by atoms with E-state index in [0.717, 1.165) is 37.4 Å². The standard InChI is InChI=1S/C18H27BrO3/c1-13(14(2)11-19)10-17-5-3-4-15(12-20)16(17)18(7-6-17)21-8-9-22-18/h12-13,15-16H,2-11H2,1H3/t13-,15?,16?,17?/m0/s1. The van der Waals surface area contributed by atoms with Gasteiger partial charge in [-0.05, 0) is 37.0 Å². The van der Waals surface area contributed by atoms with Crippen LogP contribution in [0.3, 0.4) is 0 Å². The molecule has 0 radical (unpaired) electrons. The van der Waals surface area contributed by atoms with Crippen LogP contribution in [0.25, 0.3) is 0 Å². The van der Waals surface area contributed by atoms with Crippen LogP contribution in [0.4, 0.5) is 0 Å². The number of ether oxygens (including phenoxy) is 2. The van der Waals surface area contributed by atoms with Crippen LogP contribution in [-0.2, 0) is 14.3 Å². The average Bonchev–Trinajstić information content (AvgIpc) is 3.13. The van der Waals surface area contributed by atoms with Gasteiger partial charge in [0.25, 0.3) is 0 Å². The molecule has 0 aromatic heterocycles. The second-order valence-electron chi connectivity index (χ2n) is 7.44. The Balaban J connectivity index is 1.90. The third kappa shape index (κ3) is 2.61. The van der Waals surface area contributed by atoms with Crippen molar-refractivity contribution in [2.75, 3.05) is 18.5 Å². The molecule has 0 N–H and O–H groups in total. The molecule has 1 aliphatic heterocycles. The van der Waals surface area contributed by atoms with Gasteiger partial charge >= 0.3 is 0 Å². The van der Waals surface area contributed by atoms with Crippen molar-refractivity contribution < 1.29 is 14.3 Å². The highest BCUT2D eigenvalue weighted by atomic mass is 79.9. The molecule has 1 heterocycles. The van der Waals surface area contributed by atoms with Gasteiger partial charge in [-0.2, -0.15) is 0 Å². The summed E-state index contributed by atoms with van der Waals surface area (Å²) in [6.07, 6.45) is 7.64. The van der Waals surface area contributed by atoms with E-state index < -0.39 is 5.79 Å². The third-order valence-electron chi connectivity index (χ3n) is 6.28. The number of fused-ring (bicyclic) bond motifs is 2. The van der Waals surface area contributed by atoms with Crippen molar-refractivity contribution in [3.63, 3.8) is 0 Å². The number of hydrogen-bond acceptors (Lipinski definition) is 3. The average molecular weight is 371 g/mol. The molecule has 0 bridgehead atoms. The SMILES string of the molecule is C=C(CBr)[C@@H](C)CC12CCCC(C=O)C1C1(CC2)OCCO1. The molecule has 2 saturated carbocycles. The fourth-order valence-corrected chi connectivity index (χ4v) is 5.83. The second kappa shape index (κ2) is 6.37. The first kappa shape index (κ1) is 16.7. The van der Waals surface area contributed by atoms with Gasteiger partial charge in [0.15, 0.2) is 5.79 Å². The van der Waals surface area contributed by atoms with Gasteiger partial charge in [-0.15, -0.1) is 0 Å². The number of hydrogen-bond donors (Lipinski definition) is 0. The molecule has 124 valence electrons. The first-order valence-electron chi connectivity index (χ1n) is 8.54. The number of allylic oxidation sites excluding steroid dienone is 1. The van der Waals surface area contributed by atoms with E-state index in [1.54, 1.807) is 0 Å². The van der Waals surface area contributed by atoms with Gasteiger partial charge in [0, 0.05) is 23.6 Å². The highest BCUT2D eigenvalue weighted by Crippen LogP contribution is 2.63. The van der Waals surface area contributed by atoms with Crippen molar-refractivity contribution in [3.05, 3.63) is 12.2 Å². The third-order valence-corrected chi connectivity index (χ3v) is 7.00. The second-order valence-corrected chi connectivity index (χ2v) is 8.00. The van der Waals surface area contributed by atoms with Crippen LogP contribution >= 0.6 is 15.9 Å². The van der Waals surface area contributed by atoms with E-state index in [4.69, 9.17) is 9.47 Å². The van der Waals surface area contributed by atoms with Gasteiger partial charge in [-0.25, -0.2) is 0 Å². The van der Waals surface area contributed by atoms with E-state index in [2.05, 4.69) is 29.4 Å². The minimum atomic E-state index is -0.485. The van der Waals surface area contributed by atoms with Crippen LogP contribution in [0.5, 0.6) is 0 Å². The van der Waals surface area contributed by atoms with Crippen LogP contribution in [-0.4, -0.2) is 30.6 Å². The predicted molar refractivity (Wildman–Crippen MR) is 89.9 cm³/mol. The van der Waals surface area contributed by atoms with Crippen LogP contribution in [0.1, 0.15) is 45.4 Å². The quantitative estimate of drug-likeness (QED) is 0.415. The molecule has 0 aromatic rings. The van der Waals surface area contributed by atoms with Crippen molar-refractivity contribution in [2.24, 2.45) is 23.2 Å². The maximum atomic E-state index is 11.7. The topological polar surface area (TPSA) is 35.5 Å². The van der Waals surface area contributed by atoms with E-state index in [9.17, 15) is 4.79 Å². The van der Waals surface area contributed by atoms with E-state index in [1.165, 1.54) is 18.3 Å². The lowest BCUT2D eigenvalue weighted by Gasteiger charge is -2.47. The lowest BCUT2D eigenvalue weighted by Crippen LogP contribution is -2.48. The molecule has 2 aliphatic carbocycles. The molecule has 4 heteroatoms. The molecule has 3 aliphatic rings. The Bertz CT molecular complexity index is 444. The minimum absolute atomic E-state index is 0.0822. The highest BCUT2D eigenvalue weighted by molar-refractivity contribution is 9.09. The van der Waals surface area contributed by atoms with Crippen LogP contribution in [0.15, 0.2) is 12.2 Å². The maximum absolute atomic E-state index is 11.7. The number of alkyl halides is 1. The van der Waals surface area contributed by atoms with Crippen molar-refractivity contribution in [1.82, 2.24) is 0 Å². The Morgan fingerprint density at radius 1 is 1.36 bits per heavy atom. The summed E-state index contributed by atoms with van der Waals surface area (Å²) in [6, 6.07) is 0. The molecular weight excluding hydrogens is 344 g/mol. The van der Waals surface area contributed by atoms with Crippen molar-refractivity contribution in [3.8, 4) is 0 Å². The first-order valence-corrected chi connectivity index (χ1v) is 9.66. The fraction of sp³-hybridized carbons (Fsp3) is 0.833. The zero-order valence-corrected chi connectivity index (χ0v) is 15.1. The number of rotatable bonds is 5. The summed E-state index contributed by atoms with van der Waals surface area (Å²) in [5, 5.41) is 0.851. The molecule has 3 rings (SSSR count). The van der Waals surface area contributed by atoms with Crippen molar-refractivity contribution in [1.29, 1.82) is 0 Å². The summed E-state index contributed by atoms with van der Waals surface area (Å²) < 4.78 is 12.2. The van der Waals surface area contributed by atoms with Gasteiger partial charge in [-0.3, -0.25) is 0 Å². The molecule has 3 nitrogen and oxygen atoms in total. The van der Waals surface area contributed by atoms with Crippen molar-refractivity contribution >= 4 is 22.2 Å². The summed E-state index contributed by atoms with van der Waals surface area (Å²) in [4.78, 5) is 11.7. The first-order chi connectivity index (χ1) is 10.6. The number of carbonyl (C=O) groups excluding carboxylic acids is 1. The van der Waals surface area contributed by atoms with Gasteiger partial charge in [0.05, 0.1) is 13.2 Å².